The van der Waals surface area contributed by atoms with E-state index in [9.17, 15) is 8.78 Å². The number of alkyl halides is 1. The molecule has 0 bridgehead atoms. The van der Waals surface area contributed by atoms with Crippen LogP contribution in [0.4, 0.5) is 8.78 Å². The summed E-state index contributed by atoms with van der Waals surface area (Å²) in [5.41, 5.74) is 0. The minimum atomic E-state index is -1.28. The van der Waals surface area contributed by atoms with Gasteiger partial charge in [-0.2, -0.15) is 0 Å². The second-order valence-electron chi connectivity index (χ2n) is 1.86. The molecule has 1 rings (SSSR count). The van der Waals surface area contributed by atoms with Gasteiger partial charge in [0.2, 0.25) is 0 Å². The Balaban J connectivity index is 2.75. The SMILES string of the molecule is OC1=CCC(F)C=C1F. The van der Waals surface area contributed by atoms with Gasteiger partial charge < -0.3 is 5.11 Å². The largest absolute Gasteiger partial charge is 0.505 e. The van der Waals surface area contributed by atoms with Crippen LogP contribution in [0, 0.1) is 0 Å². The zero-order valence-electron chi connectivity index (χ0n) is 4.64. The summed E-state index contributed by atoms with van der Waals surface area (Å²) in [4.78, 5) is 0. The molecule has 1 unspecified atom stereocenters. The average Bonchev–Trinajstić information content (AvgIpc) is 1.80. The van der Waals surface area contributed by atoms with Gasteiger partial charge in [-0.3, -0.25) is 0 Å². The summed E-state index contributed by atoms with van der Waals surface area (Å²) >= 11 is 0. The van der Waals surface area contributed by atoms with Gasteiger partial charge in [0.25, 0.3) is 0 Å². The Hall–Kier alpha value is -0.860. The van der Waals surface area contributed by atoms with Gasteiger partial charge in [0.05, 0.1) is 0 Å². The summed E-state index contributed by atoms with van der Waals surface area (Å²) in [5.74, 6) is -1.32. The van der Waals surface area contributed by atoms with E-state index >= 15 is 0 Å². The molecule has 0 aliphatic heterocycles. The van der Waals surface area contributed by atoms with E-state index in [1.54, 1.807) is 0 Å². The number of hydrogen-bond donors (Lipinski definition) is 1. The van der Waals surface area contributed by atoms with Crippen molar-refractivity contribution < 1.29 is 13.9 Å². The molecule has 0 fully saturated rings. The summed E-state index contributed by atoms with van der Waals surface area (Å²) in [6.07, 6.45) is 0.676. The minimum absolute atomic E-state index is 0.0687. The third kappa shape index (κ3) is 1.28. The molecule has 1 N–H and O–H groups in total. The van der Waals surface area contributed by atoms with Crippen LogP contribution in [0.15, 0.2) is 23.7 Å². The van der Waals surface area contributed by atoms with Crippen molar-refractivity contribution in [3.8, 4) is 0 Å². The zero-order valence-corrected chi connectivity index (χ0v) is 4.64. The highest BCUT2D eigenvalue weighted by Gasteiger charge is 2.12. The van der Waals surface area contributed by atoms with Gasteiger partial charge in [-0.15, -0.1) is 0 Å². The van der Waals surface area contributed by atoms with E-state index < -0.39 is 17.8 Å². The average molecular weight is 132 g/mol. The van der Waals surface area contributed by atoms with Crippen LogP contribution in [0.2, 0.25) is 0 Å². The lowest BCUT2D eigenvalue weighted by Crippen LogP contribution is -2.01. The number of aliphatic hydroxyl groups is 1. The summed E-state index contributed by atoms with van der Waals surface area (Å²) in [6, 6.07) is 0. The fourth-order valence-electron chi connectivity index (χ4n) is 0.634. The van der Waals surface area contributed by atoms with Crippen molar-refractivity contribution in [3.05, 3.63) is 23.7 Å². The van der Waals surface area contributed by atoms with Gasteiger partial charge in [0, 0.05) is 6.42 Å². The number of allylic oxidation sites excluding steroid dienone is 3. The van der Waals surface area contributed by atoms with Crippen LogP contribution < -0.4 is 0 Å². The number of halogens is 2. The van der Waals surface area contributed by atoms with Crippen LogP contribution >= 0.6 is 0 Å². The summed E-state index contributed by atoms with van der Waals surface area (Å²) < 4.78 is 24.3. The van der Waals surface area contributed by atoms with Crippen LogP contribution in [0.25, 0.3) is 0 Å². The summed E-state index contributed by atoms with van der Waals surface area (Å²) in [5, 5.41) is 8.55. The van der Waals surface area contributed by atoms with Crippen LogP contribution in [0.5, 0.6) is 0 Å². The van der Waals surface area contributed by atoms with E-state index in [0.29, 0.717) is 0 Å². The lowest BCUT2D eigenvalue weighted by molar-refractivity contribution is 0.343. The number of hydrogen-bond acceptors (Lipinski definition) is 1. The second-order valence-corrected chi connectivity index (χ2v) is 1.86. The van der Waals surface area contributed by atoms with Crippen LogP contribution in [-0.4, -0.2) is 11.3 Å². The molecule has 0 amide bonds. The standard InChI is InChI=1S/C6H6F2O/c7-4-1-2-6(9)5(8)3-4/h2-4,9H,1H2. The topological polar surface area (TPSA) is 20.2 Å². The first kappa shape index (κ1) is 6.26. The molecule has 0 saturated heterocycles. The predicted molar refractivity (Wildman–Crippen MR) is 29.4 cm³/mol. The maximum atomic E-state index is 12.1. The maximum absolute atomic E-state index is 12.1. The Labute approximate surface area is 51.3 Å². The quantitative estimate of drug-likeness (QED) is 0.534. The Morgan fingerprint density at radius 1 is 1.67 bits per heavy atom. The zero-order chi connectivity index (χ0) is 6.85. The first-order valence-corrected chi connectivity index (χ1v) is 2.61. The molecular formula is C6H6F2O. The normalized spacial score (nSPS) is 27.1. The molecular weight excluding hydrogens is 126 g/mol. The molecule has 0 aromatic heterocycles. The molecule has 1 atom stereocenters. The van der Waals surface area contributed by atoms with Crippen molar-refractivity contribution >= 4 is 0 Å². The molecule has 1 aliphatic rings. The van der Waals surface area contributed by atoms with Gasteiger partial charge in [-0.05, 0) is 12.2 Å². The van der Waals surface area contributed by atoms with Crippen LogP contribution in [-0.2, 0) is 0 Å². The van der Waals surface area contributed by atoms with E-state index in [1.807, 2.05) is 0 Å². The molecule has 1 nitrogen and oxygen atoms in total. The Morgan fingerprint density at radius 3 is 2.78 bits per heavy atom. The van der Waals surface area contributed by atoms with Crippen molar-refractivity contribution in [3.63, 3.8) is 0 Å². The summed E-state index contributed by atoms with van der Waals surface area (Å²) in [7, 11) is 0. The molecule has 9 heavy (non-hydrogen) atoms. The van der Waals surface area contributed by atoms with E-state index in [0.717, 1.165) is 12.2 Å². The van der Waals surface area contributed by atoms with Crippen LogP contribution in [0.1, 0.15) is 6.42 Å². The van der Waals surface area contributed by atoms with Crippen molar-refractivity contribution in [2.75, 3.05) is 0 Å². The molecule has 1 aliphatic carbocycles. The molecule has 0 aromatic rings. The van der Waals surface area contributed by atoms with Crippen molar-refractivity contribution in [1.82, 2.24) is 0 Å². The Kier molecular flexibility index (Phi) is 1.51. The van der Waals surface area contributed by atoms with Crippen LogP contribution in [0.3, 0.4) is 0 Å². The Bertz CT molecular complexity index is 172. The lowest BCUT2D eigenvalue weighted by Gasteiger charge is -2.05. The molecule has 0 heterocycles. The lowest BCUT2D eigenvalue weighted by atomic mass is 10.1. The molecule has 0 saturated carbocycles. The van der Waals surface area contributed by atoms with Crippen molar-refractivity contribution in [2.45, 2.75) is 12.6 Å². The van der Waals surface area contributed by atoms with E-state index in [2.05, 4.69) is 0 Å². The maximum Gasteiger partial charge on any atom is 0.163 e. The van der Waals surface area contributed by atoms with Gasteiger partial charge >= 0.3 is 0 Å². The monoisotopic (exact) mass is 132 g/mol. The van der Waals surface area contributed by atoms with Crippen molar-refractivity contribution in [2.24, 2.45) is 0 Å². The van der Waals surface area contributed by atoms with Gasteiger partial charge in [0.1, 0.15) is 11.9 Å². The van der Waals surface area contributed by atoms with Gasteiger partial charge in [-0.1, -0.05) is 0 Å². The first-order valence-electron chi connectivity index (χ1n) is 2.61. The smallest absolute Gasteiger partial charge is 0.163 e. The predicted octanol–water partition coefficient (Wildman–Crippen LogP) is 2.02. The number of aliphatic hydroxyl groups excluding tert-OH is 1. The van der Waals surface area contributed by atoms with E-state index in [1.165, 1.54) is 0 Å². The molecule has 3 heteroatoms. The Morgan fingerprint density at radius 2 is 2.33 bits per heavy atom. The second kappa shape index (κ2) is 2.17. The third-order valence-corrected chi connectivity index (χ3v) is 1.11. The molecule has 0 radical (unpaired) electrons. The fraction of sp³-hybridized carbons (Fsp3) is 0.333. The minimum Gasteiger partial charge on any atom is -0.505 e. The third-order valence-electron chi connectivity index (χ3n) is 1.11. The fourth-order valence-corrected chi connectivity index (χ4v) is 0.634. The van der Waals surface area contributed by atoms with Crippen molar-refractivity contribution in [1.29, 1.82) is 0 Å². The highest BCUT2D eigenvalue weighted by molar-refractivity contribution is 5.23. The molecule has 0 aromatic carbocycles. The van der Waals surface area contributed by atoms with E-state index in [-0.39, 0.29) is 6.42 Å². The number of rotatable bonds is 0. The van der Waals surface area contributed by atoms with Gasteiger partial charge in [0.15, 0.2) is 5.83 Å². The summed E-state index contributed by atoms with van der Waals surface area (Å²) in [6.45, 7) is 0. The molecule has 0 spiro atoms. The first-order chi connectivity index (χ1) is 4.20. The molecule has 50 valence electrons. The highest BCUT2D eigenvalue weighted by atomic mass is 19.1. The van der Waals surface area contributed by atoms with E-state index in [4.69, 9.17) is 5.11 Å². The van der Waals surface area contributed by atoms with Gasteiger partial charge in [-0.25, -0.2) is 8.78 Å². The highest BCUT2D eigenvalue weighted by Crippen LogP contribution is 2.18.